The molecule has 11 heteroatoms. The van der Waals surface area contributed by atoms with Gasteiger partial charge in [0, 0.05) is 13.1 Å². The van der Waals surface area contributed by atoms with Gasteiger partial charge in [0.15, 0.2) is 5.96 Å². The molecule has 0 unspecified atom stereocenters. The van der Waals surface area contributed by atoms with E-state index in [9.17, 15) is 14.4 Å². The van der Waals surface area contributed by atoms with E-state index in [1.807, 2.05) is 30.3 Å². The van der Waals surface area contributed by atoms with Gasteiger partial charge in [-0.15, -0.1) is 0 Å². The first-order chi connectivity index (χ1) is 17.1. The average molecular weight is 506 g/mol. The van der Waals surface area contributed by atoms with Crippen molar-refractivity contribution in [1.82, 2.24) is 10.2 Å². The number of carbonyl (C=O) groups excluding carboxylic acids is 3. The Kier molecular flexibility index (Phi) is 11.5. The molecule has 36 heavy (non-hydrogen) atoms. The summed E-state index contributed by atoms with van der Waals surface area (Å²) in [7, 11) is 0. The molecule has 2 rings (SSSR count). The number of aliphatic imine (C=N–C) groups is 1. The number of nitrogens with one attached hydrogen (secondary N) is 1. The van der Waals surface area contributed by atoms with Crippen LogP contribution in [0.5, 0.6) is 0 Å². The molecular formula is C25H39N5O6. The molecule has 1 fully saturated rings. The first-order valence-electron chi connectivity index (χ1n) is 12.2. The Morgan fingerprint density at radius 3 is 2.56 bits per heavy atom. The monoisotopic (exact) mass is 505 g/mol. The molecule has 5 N–H and O–H groups in total. The zero-order chi connectivity index (χ0) is 26.6. The standard InChI is InChI=1S/C25H39N5O6/c1-25(2,3)36-24(33)30-14-8-12-20(30)21(31)29-19(11-7-13-28-23(26)27)22(32)35-16-15-34-17-18-9-5-4-6-10-18/h4-6,9-10,19-20H,7-8,11-17H2,1-3H3,(H,29,31)(H4,26,27,28)/t19-,20-/m0/s1. The molecule has 1 heterocycles. The molecule has 1 aliphatic rings. The van der Waals surface area contributed by atoms with Crippen LogP contribution in [0.2, 0.25) is 0 Å². The van der Waals surface area contributed by atoms with Gasteiger partial charge in [-0.05, 0) is 52.0 Å². The van der Waals surface area contributed by atoms with Crippen molar-refractivity contribution in [2.24, 2.45) is 16.5 Å². The van der Waals surface area contributed by atoms with E-state index < -0.39 is 35.7 Å². The summed E-state index contributed by atoms with van der Waals surface area (Å²) in [5.41, 5.74) is 11.1. The van der Waals surface area contributed by atoms with Crippen LogP contribution in [0.4, 0.5) is 4.79 Å². The van der Waals surface area contributed by atoms with Crippen molar-refractivity contribution in [3.05, 3.63) is 35.9 Å². The van der Waals surface area contributed by atoms with Gasteiger partial charge in [-0.1, -0.05) is 30.3 Å². The Bertz CT molecular complexity index is 883. The van der Waals surface area contributed by atoms with Crippen molar-refractivity contribution in [3.8, 4) is 0 Å². The molecule has 1 aromatic carbocycles. The van der Waals surface area contributed by atoms with Crippen LogP contribution in [-0.2, 0) is 30.4 Å². The smallest absolute Gasteiger partial charge is 0.410 e. The first-order valence-corrected chi connectivity index (χ1v) is 12.2. The summed E-state index contributed by atoms with van der Waals surface area (Å²) in [5.74, 6) is -1.06. The number of ether oxygens (including phenoxy) is 3. The lowest BCUT2D eigenvalue weighted by Gasteiger charge is -2.29. The zero-order valence-electron chi connectivity index (χ0n) is 21.4. The summed E-state index contributed by atoms with van der Waals surface area (Å²) in [6, 6.07) is 8.01. The fourth-order valence-corrected chi connectivity index (χ4v) is 3.66. The van der Waals surface area contributed by atoms with Gasteiger partial charge >= 0.3 is 12.1 Å². The summed E-state index contributed by atoms with van der Waals surface area (Å²) in [6.45, 7) is 6.66. The summed E-state index contributed by atoms with van der Waals surface area (Å²) >= 11 is 0. The lowest BCUT2D eigenvalue weighted by Crippen LogP contribution is -2.52. The molecule has 0 aromatic heterocycles. The highest BCUT2D eigenvalue weighted by molar-refractivity contribution is 5.90. The van der Waals surface area contributed by atoms with Crippen LogP contribution in [-0.4, -0.2) is 72.8 Å². The van der Waals surface area contributed by atoms with Gasteiger partial charge < -0.3 is 31.0 Å². The summed E-state index contributed by atoms with van der Waals surface area (Å²) in [6.07, 6.45) is 1.31. The molecule has 0 radical (unpaired) electrons. The Morgan fingerprint density at radius 2 is 1.89 bits per heavy atom. The van der Waals surface area contributed by atoms with Gasteiger partial charge in [0.2, 0.25) is 5.91 Å². The largest absolute Gasteiger partial charge is 0.462 e. The molecule has 2 amide bonds. The quantitative estimate of drug-likeness (QED) is 0.167. The van der Waals surface area contributed by atoms with Crippen molar-refractivity contribution < 1.29 is 28.6 Å². The van der Waals surface area contributed by atoms with Crippen LogP contribution in [0.1, 0.15) is 52.0 Å². The van der Waals surface area contributed by atoms with E-state index in [4.69, 9.17) is 25.7 Å². The minimum Gasteiger partial charge on any atom is -0.462 e. The van der Waals surface area contributed by atoms with Crippen LogP contribution in [0.3, 0.4) is 0 Å². The van der Waals surface area contributed by atoms with Crippen LogP contribution in [0, 0.1) is 0 Å². The topological polar surface area (TPSA) is 159 Å². The molecule has 0 saturated carbocycles. The van der Waals surface area contributed by atoms with Crippen molar-refractivity contribution in [2.75, 3.05) is 26.3 Å². The Morgan fingerprint density at radius 1 is 1.17 bits per heavy atom. The highest BCUT2D eigenvalue weighted by Crippen LogP contribution is 2.21. The van der Waals surface area contributed by atoms with Gasteiger partial charge in [0.1, 0.15) is 24.3 Å². The minimum absolute atomic E-state index is 0.0411. The van der Waals surface area contributed by atoms with E-state index in [0.717, 1.165) is 5.56 Å². The van der Waals surface area contributed by atoms with Crippen LogP contribution < -0.4 is 16.8 Å². The molecule has 1 aromatic rings. The number of amides is 2. The van der Waals surface area contributed by atoms with Crippen molar-refractivity contribution in [3.63, 3.8) is 0 Å². The maximum Gasteiger partial charge on any atom is 0.410 e. The number of likely N-dealkylation sites (tertiary alicyclic amines) is 1. The molecule has 0 spiro atoms. The van der Waals surface area contributed by atoms with E-state index in [1.165, 1.54) is 4.90 Å². The maximum absolute atomic E-state index is 13.1. The molecule has 0 aliphatic carbocycles. The highest BCUT2D eigenvalue weighted by Gasteiger charge is 2.38. The number of rotatable bonds is 12. The summed E-state index contributed by atoms with van der Waals surface area (Å²) in [5, 5.41) is 2.75. The fourth-order valence-electron chi connectivity index (χ4n) is 3.66. The molecule has 1 aliphatic heterocycles. The maximum atomic E-state index is 13.1. The molecule has 0 bridgehead atoms. The van der Waals surface area contributed by atoms with Gasteiger partial charge in [-0.2, -0.15) is 0 Å². The van der Waals surface area contributed by atoms with Crippen LogP contribution in [0.15, 0.2) is 35.3 Å². The molecule has 1 saturated heterocycles. The minimum atomic E-state index is -0.915. The second-order valence-corrected chi connectivity index (χ2v) is 9.55. The Balaban J connectivity index is 1.91. The van der Waals surface area contributed by atoms with E-state index >= 15 is 0 Å². The Labute approximate surface area is 212 Å². The van der Waals surface area contributed by atoms with Gasteiger partial charge in [0.05, 0.1) is 13.2 Å². The van der Waals surface area contributed by atoms with Gasteiger partial charge in [0.25, 0.3) is 0 Å². The van der Waals surface area contributed by atoms with E-state index in [2.05, 4.69) is 10.3 Å². The predicted octanol–water partition coefficient (Wildman–Crippen LogP) is 1.68. The molecule has 200 valence electrons. The third-order valence-electron chi connectivity index (χ3n) is 5.31. The third kappa shape index (κ3) is 10.5. The van der Waals surface area contributed by atoms with E-state index in [1.54, 1.807) is 20.8 Å². The summed E-state index contributed by atoms with van der Waals surface area (Å²) < 4.78 is 16.3. The number of carbonyl (C=O) groups is 3. The van der Waals surface area contributed by atoms with Crippen LogP contribution in [0.25, 0.3) is 0 Å². The third-order valence-corrected chi connectivity index (χ3v) is 5.31. The number of benzene rings is 1. The summed E-state index contributed by atoms with van der Waals surface area (Å²) in [4.78, 5) is 43.7. The lowest BCUT2D eigenvalue weighted by atomic mass is 10.1. The van der Waals surface area contributed by atoms with Crippen LogP contribution >= 0.6 is 0 Å². The second kappa shape index (κ2) is 14.3. The number of nitrogens with two attached hydrogens (primary N) is 2. The van der Waals surface area contributed by atoms with E-state index in [-0.39, 0.29) is 25.6 Å². The van der Waals surface area contributed by atoms with Gasteiger partial charge in [-0.3, -0.25) is 14.7 Å². The first kappa shape index (κ1) is 28.9. The number of esters is 1. The number of hydrogen-bond acceptors (Lipinski definition) is 7. The second-order valence-electron chi connectivity index (χ2n) is 9.55. The predicted molar refractivity (Wildman–Crippen MR) is 135 cm³/mol. The van der Waals surface area contributed by atoms with Crippen molar-refractivity contribution in [2.45, 2.75) is 70.7 Å². The highest BCUT2D eigenvalue weighted by atomic mass is 16.6. The van der Waals surface area contributed by atoms with Crippen molar-refractivity contribution in [1.29, 1.82) is 0 Å². The fraction of sp³-hybridized carbons (Fsp3) is 0.600. The van der Waals surface area contributed by atoms with E-state index in [0.29, 0.717) is 39.0 Å². The lowest BCUT2D eigenvalue weighted by molar-refractivity contribution is -0.150. The number of nitrogens with zero attached hydrogens (tertiary/aromatic N) is 2. The average Bonchev–Trinajstić information content (AvgIpc) is 3.30. The normalized spacial score (nSPS) is 16.2. The number of hydrogen-bond donors (Lipinski definition) is 3. The molecule has 2 atom stereocenters. The SMILES string of the molecule is CC(C)(C)OC(=O)N1CCC[C@H]1C(=O)N[C@@H](CCCN=C(N)N)C(=O)OCCOCc1ccccc1. The van der Waals surface area contributed by atoms with Crippen molar-refractivity contribution >= 4 is 23.9 Å². The molecule has 11 nitrogen and oxygen atoms in total. The Hall–Kier alpha value is -3.34. The van der Waals surface area contributed by atoms with Gasteiger partial charge in [-0.25, -0.2) is 9.59 Å². The molecular weight excluding hydrogens is 466 g/mol. The zero-order valence-corrected chi connectivity index (χ0v) is 21.4. The number of guanidine groups is 1.